The molecule has 0 radical (unpaired) electrons. The number of carbonyl (C=O) groups is 1. The normalized spacial score (nSPS) is 21.5. The van der Waals surface area contributed by atoms with Crippen molar-refractivity contribution in [3.63, 3.8) is 0 Å². The summed E-state index contributed by atoms with van der Waals surface area (Å²) in [5.41, 5.74) is 0. The van der Waals surface area contributed by atoms with Crippen molar-refractivity contribution in [2.45, 2.75) is 51.2 Å². The lowest BCUT2D eigenvalue weighted by molar-refractivity contribution is 0.243. The first kappa shape index (κ1) is 14.2. The number of urea groups is 1. The highest BCUT2D eigenvalue weighted by molar-refractivity contribution is 5.88. The summed E-state index contributed by atoms with van der Waals surface area (Å²) in [5.74, 6) is 2.42. The van der Waals surface area contributed by atoms with Gasteiger partial charge in [0.2, 0.25) is 0 Å². The Bertz CT molecular complexity index is 702. The second kappa shape index (κ2) is 5.68. The summed E-state index contributed by atoms with van der Waals surface area (Å²) >= 11 is 0. The number of rotatable bonds is 4. The van der Waals surface area contributed by atoms with Crippen molar-refractivity contribution in [2.75, 3.05) is 5.32 Å². The number of carbonyl (C=O) groups excluding carboxylic acids is 1. The molecule has 1 aliphatic carbocycles. The minimum Gasteiger partial charge on any atom is -0.333 e. The van der Waals surface area contributed by atoms with Crippen molar-refractivity contribution >= 4 is 11.8 Å². The summed E-state index contributed by atoms with van der Waals surface area (Å²) in [6.07, 6.45) is 7.50. The Hall–Kier alpha value is -2.38. The molecule has 2 aromatic rings. The molecule has 0 saturated heterocycles. The van der Waals surface area contributed by atoms with E-state index < -0.39 is 0 Å². The summed E-state index contributed by atoms with van der Waals surface area (Å²) in [7, 11) is 0. The lowest BCUT2D eigenvalue weighted by Crippen LogP contribution is -2.43. The van der Waals surface area contributed by atoms with E-state index in [1.807, 2.05) is 15.4 Å². The van der Waals surface area contributed by atoms with Crippen LogP contribution in [0, 0.1) is 5.92 Å². The van der Waals surface area contributed by atoms with E-state index in [1.165, 1.54) is 12.8 Å². The third kappa shape index (κ3) is 2.93. The lowest BCUT2D eigenvalue weighted by atomic mass is 10.1. The maximum Gasteiger partial charge on any atom is 0.320 e. The summed E-state index contributed by atoms with van der Waals surface area (Å²) in [5, 5.41) is 14.5. The fourth-order valence-electron chi connectivity index (χ4n) is 3.21. The Morgan fingerprint density at radius 3 is 3.04 bits per heavy atom. The van der Waals surface area contributed by atoms with Crippen molar-refractivity contribution in [1.82, 2.24) is 29.9 Å². The van der Waals surface area contributed by atoms with Crippen LogP contribution in [0.2, 0.25) is 0 Å². The molecular weight excluding hydrogens is 294 g/mol. The Balaban J connectivity index is 1.36. The quantitative estimate of drug-likeness (QED) is 0.896. The first-order valence-electron chi connectivity index (χ1n) is 8.18. The molecule has 0 unspecified atom stereocenters. The van der Waals surface area contributed by atoms with Crippen LogP contribution in [0.15, 0.2) is 18.6 Å². The molecule has 0 bridgehead atoms. The first-order valence-corrected chi connectivity index (χ1v) is 8.18. The fraction of sp³-hybridized carbons (Fsp3) is 0.600. The van der Waals surface area contributed by atoms with Crippen molar-refractivity contribution in [2.24, 2.45) is 5.92 Å². The van der Waals surface area contributed by atoms with Crippen molar-refractivity contribution in [1.29, 1.82) is 0 Å². The molecule has 1 aliphatic heterocycles. The first-order chi connectivity index (χ1) is 11.2. The molecule has 2 aliphatic rings. The number of hydrogen-bond acceptors (Lipinski definition) is 4. The Morgan fingerprint density at radius 1 is 1.35 bits per heavy atom. The van der Waals surface area contributed by atoms with Gasteiger partial charge in [-0.05, 0) is 32.1 Å². The van der Waals surface area contributed by atoms with E-state index in [2.05, 4.69) is 32.7 Å². The van der Waals surface area contributed by atoms with Crippen molar-refractivity contribution in [3.05, 3.63) is 24.4 Å². The van der Waals surface area contributed by atoms with Crippen LogP contribution in [-0.2, 0) is 13.0 Å². The Morgan fingerprint density at radius 2 is 2.22 bits per heavy atom. The van der Waals surface area contributed by atoms with Crippen LogP contribution in [0.4, 0.5) is 10.6 Å². The highest BCUT2D eigenvalue weighted by atomic mass is 16.2. The third-order valence-corrected chi connectivity index (χ3v) is 4.74. The van der Waals surface area contributed by atoms with Crippen LogP contribution < -0.4 is 10.6 Å². The van der Waals surface area contributed by atoms with Gasteiger partial charge in [-0.15, -0.1) is 0 Å². The molecule has 122 valence electrons. The average molecular weight is 315 g/mol. The van der Waals surface area contributed by atoms with E-state index >= 15 is 0 Å². The van der Waals surface area contributed by atoms with E-state index in [-0.39, 0.29) is 12.1 Å². The van der Waals surface area contributed by atoms with Gasteiger partial charge in [0.1, 0.15) is 18.0 Å². The van der Waals surface area contributed by atoms with Crippen LogP contribution in [0.3, 0.4) is 0 Å². The van der Waals surface area contributed by atoms with E-state index in [4.69, 9.17) is 0 Å². The lowest BCUT2D eigenvalue weighted by Gasteiger charge is -2.24. The van der Waals surface area contributed by atoms with E-state index in [0.717, 1.165) is 24.5 Å². The maximum absolute atomic E-state index is 12.3. The number of aromatic nitrogens is 5. The molecule has 1 saturated carbocycles. The summed E-state index contributed by atoms with van der Waals surface area (Å²) in [6, 6.07) is 2.05. The van der Waals surface area contributed by atoms with Gasteiger partial charge in [0.05, 0.1) is 24.8 Å². The smallest absolute Gasteiger partial charge is 0.320 e. The van der Waals surface area contributed by atoms with E-state index in [9.17, 15) is 4.79 Å². The van der Waals surface area contributed by atoms with Gasteiger partial charge in [0.25, 0.3) is 0 Å². The summed E-state index contributed by atoms with van der Waals surface area (Å²) in [6.45, 7) is 2.82. The summed E-state index contributed by atoms with van der Waals surface area (Å²) < 4.78 is 3.77. The van der Waals surface area contributed by atoms with Gasteiger partial charge in [-0.25, -0.2) is 19.1 Å². The van der Waals surface area contributed by atoms with E-state index in [1.54, 1.807) is 12.5 Å². The monoisotopic (exact) mass is 315 g/mol. The molecule has 2 atom stereocenters. The predicted molar refractivity (Wildman–Crippen MR) is 83.9 cm³/mol. The van der Waals surface area contributed by atoms with Gasteiger partial charge in [-0.3, -0.25) is 5.32 Å². The molecule has 23 heavy (non-hydrogen) atoms. The molecule has 8 heteroatoms. The Kier molecular flexibility index (Phi) is 3.51. The number of fused-ring (bicyclic) bond motifs is 1. The molecule has 8 nitrogen and oxygen atoms in total. The van der Waals surface area contributed by atoms with Gasteiger partial charge in [0, 0.05) is 12.5 Å². The molecule has 0 spiro atoms. The zero-order valence-electron chi connectivity index (χ0n) is 13.1. The number of amides is 2. The van der Waals surface area contributed by atoms with Crippen LogP contribution in [0.5, 0.6) is 0 Å². The van der Waals surface area contributed by atoms with Crippen LogP contribution in [0.1, 0.15) is 38.1 Å². The molecule has 0 aromatic carbocycles. The number of anilines is 1. The van der Waals surface area contributed by atoms with Crippen molar-refractivity contribution < 1.29 is 4.79 Å². The molecule has 1 fully saturated rings. The van der Waals surface area contributed by atoms with Gasteiger partial charge >= 0.3 is 6.03 Å². The van der Waals surface area contributed by atoms with Crippen molar-refractivity contribution in [3.8, 4) is 0 Å². The SMILES string of the molecule is C[C@H](C1CC1)n1nccc1NC(=O)N[C@@H]1CCc2ncnn2C1. The standard InChI is InChI=1S/C15H21N7O/c1-10(11-2-3-11)22-14(6-7-17-22)20-15(23)19-12-4-5-13-16-9-18-21(13)8-12/h6-7,9-12H,2-5,8H2,1H3,(H2,19,20,23)/t10-,12-/m1/s1. The molecule has 3 heterocycles. The number of nitrogens with one attached hydrogen (secondary N) is 2. The minimum absolute atomic E-state index is 0.0708. The zero-order chi connectivity index (χ0) is 15.8. The Labute approximate surface area is 134 Å². The fourth-order valence-corrected chi connectivity index (χ4v) is 3.21. The summed E-state index contributed by atoms with van der Waals surface area (Å²) in [4.78, 5) is 16.5. The van der Waals surface area contributed by atoms with Crippen LogP contribution >= 0.6 is 0 Å². The molecule has 2 N–H and O–H groups in total. The largest absolute Gasteiger partial charge is 0.333 e. The molecule has 4 rings (SSSR count). The predicted octanol–water partition coefficient (Wildman–Crippen LogP) is 1.58. The van der Waals surface area contributed by atoms with Crippen LogP contribution in [-0.4, -0.2) is 36.6 Å². The van der Waals surface area contributed by atoms with E-state index in [0.29, 0.717) is 18.5 Å². The second-order valence-electron chi connectivity index (χ2n) is 6.43. The second-order valence-corrected chi connectivity index (χ2v) is 6.43. The van der Waals surface area contributed by atoms with Gasteiger partial charge in [-0.1, -0.05) is 0 Å². The van der Waals surface area contributed by atoms with Gasteiger partial charge in [0.15, 0.2) is 0 Å². The number of nitrogens with zero attached hydrogens (tertiary/aromatic N) is 5. The minimum atomic E-state index is -0.191. The topological polar surface area (TPSA) is 89.7 Å². The van der Waals surface area contributed by atoms with Gasteiger partial charge < -0.3 is 5.32 Å². The highest BCUT2D eigenvalue weighted by Gasteiger charge is 2.31. The molecular formula is C15H21N7O. The zero-order valence-corrected chi connectivity index (χ0v) is 13.1. The maximum atomic E-state index is 12.3. The third-order valence-electron chi connectivity index (χ3n) is 4.74. The molecule has 2 amide bonds. The number of aryl methyl sites for hydroxylation is 1. The van der Waals surface area contributed by atoms with Crippen LogP contribution in [0.25, 0.3) is 0 Å². The highest BCUT2D eigenvalue weighted by Crippen LogP contribution is 2.40. The molecule has 2 aromatic heterocycles. The average Bonchev–Trinajstić information content (AvgIpc) is 3.11. The van der Waals surface area contributed by atoms with Gasteiger partial charge in [-0.2, -0.15) is 10.2 Å². The number of hydrogen-bond donors (Lipinski definition) is 2.